The Kier molecular flexibility index (Phi) is 9.83. The van der Waals surface area contributed by atoms with Crippen molar-refractivity contribution >= 4 is 29.2 Å². The predicted octanol–water partition coefficient (Wildman–Crippen LogP) is 7.92. The molecule has 0 aromatic heterocycles. The number of carbonyl (C=O) groups is 2. The normalized spacial score (nSPS) is 16.3. The Morgan fingerprint density at radius 1 is 0.830 bits per heavy atom. The van der Waals surface area contributed by atoms with Gasteiger partial charge in [-0.2, -0.15) is 0 Å². The van der Waals surface area contributed by atoms with Gasteiger partial charge in [0.2, 0.25) is 5.60 Å². The molecule has 0 aliphatic carbocycles. The fourth-order valence-corrected chi connectivity index (χ4v) is 6.45. The number of rotatable bonds is 12. The first-order chi connectivity index (χ1) is 22.9. The Morgan fingerprint density at radius 3 is 2.04 bits per heavy atom. The summed E-state index contributed by atoms with van der Waals surface area (Å²) in [5.74, 6) is -0.979. The maximum atomic E-state index is 15.2. The van der Waals surface area contributed by atoms with E-state index in [4.69, 9.17) is 21.1 Å². The number of esters is 1. The number of anilines is 1. The highest BCUT2D eigenvalue weighted by atomic mass is 35.5. The number of fused-ring (bicyclic) bond motifs is 1. The van der Waals surface area contributed by atoms with Crippen LogP contribution in [0.5, 0.6) is 0 Å². The molecule has 5 aromatic rings. The van der Waals surface area contributed by atoms with E-state index in [1.807, 2.05) is 128 Å². The van der Waals surface area contributed by atoms with E-state index in [0.717, 1.165) is 27.8 Å². The van der Waals surface area contributed by atoms with Crippen LogP contribution in [0, 0.1) is 6.92 Å². The average Bonchev–Trinajstić information content (AvgIpc) is 3.32. The lowest BCUT2D eigenvalue weighted by Gasteiger charge is -2.38. The SMILES string of the molecule is CCOC(=O)[C@H](NC(c1ccccc1)c1ccccc1)[C@]1(OCc2ccccc2C)C(=O)N(Cc2ccccc2)c2ccc(Cl)cc21. The molecule has 0 saturated carbocycles. The van der Waals surface area contributed by atoms with Gasteiger partial charge in [-0.15, -0.1) is 0 Å². The first-order valence-corrected chi connectivity index (χ1v) is 16.2. The Hall–Kier alpha value is -4.75. The molecule has 2 atom stereocenters. The van der Waals surface area contributed by atoms with Crippen molar-refractivity contribution in [1.29, 1.82) is 0 Å². The molecule has 0 saturated heterocycles. The highest BCUT2D eigenvalue weighted by molar-refractivity contribution is 6.31. The van der Waals surface area contributed by atoms with Crippen molar-refractivity contribution in [2.24, 2.45) is 0 Å². The quantitative estimate of drug-likeness (QED) is 0.140. The molecular weight excluding hydrogens is 608 g/mol. The molecule has 0 bridgehead atoms. The second-order valence-electron chi connectivity index (χ2n) is 11.6. The van der Waals surface area contributed by atoms with Crippen LogP contribution in [0.3, 0.4) is 0 Å². The maximum Gasteiger partial charge on any atom is 0.327 e. The number of amides is 1. The summed E-state index contributed by atoms with van der Waals surface area (Å²) in [6, 6.07) is 40.9. The minimum atomic E-state index is -1.83. The van der Waals surface area contributed by atoms with Crippen molar-refractivity contribution in [2.75, 3.05) is 11.5 Å². The molecule has 0 unspecified atom stereocenters. The van der Waals surface area contributed by atoms with Crippen molar-refractivity contribution in [3.05, 3.63) is 172 Å². The van der Waals surface area contributed by atoms with Crippen LogP contribution in [0.25, 0.3) is 0 Å². The Bertz CT molecular complexity index is 1790. The zero-order valence-electron chi connectivity index (χ0n) is 26.4. The maximum absolute atomic E-state index is 15.2. The highest BCUT2D eigenvalue weighted by Crippen LogP contribution is 2.48. The lowest BCUT2D eigenvalue weighted by atomic mass is 9.85. The molecule has 1 heterocycles. The van der Waals surface area contributed by atoms with Crippen LogP contribution in [0.2, 0.25) is 5.02 Å². The molecule has 5 aromatic carbocycles. The van der Waals surface area contributed by atoms with E-state index in [2.05, 4.69) is 5.32 Å². The van der Waals surface area contributed by atoms with Crippen LogP contribution in [-0.4, -0.2) is 24.5 Å². The summed E-state index contributed by atoms with van der Waals surface area (Å²) >= 11 is 6.67. The van der Waals surface area contributed by atoms with Crippen molar-refractivity contribution in [3.63, 3.8) is 0 Å². The molecule has 47 heavy (non-hydrogen) atoms. The first-order valence-electron chi connectivity index (χ1n) is 15.8. The van der Waals surface area contributed by atoms with Gasteiger partial charge >= 0.3 is 5.97 Å². The van der Waals surface area contributed by atoms with Gasteiger partial charge in [-0.25, -0.2) is 0 Å². The smallest absolute Gasteiger partial charge is 0.327 e. The van der Waals surface area contributed by atoms with E-state index in [0.29, 0.717) is 16.3 Å². The van der Waals surface area contributed by atoms with E-state index in [-0.39, 0.29) is 25.7 Å². The summed E-state index contributed by atoms with van der Waals surface area (Å²) in [5, 5.41) is 4.01. The molecule has 7 heteroatoms. The van der Waals surface area contributed by atoms with Crippen molar-refractivity contribution in [1.82, 2.24) is 5.32 Å². The zero-order chi connectivity index (χ0) is 32.8. The Labute approximate surface area is 280 Å². The summed E-state index contributed by atoms with van der Waals surface area (Å²) in [4.78, 5) is 31.3. The lowest BCUT2D eigenvalue weighted by molar-refractivity contribution is -0.169. The summed E-state index contributed by atoms with van der Waals surface area (Å²) in [7, 11) is 0. The minimum Gasteiger partial charge on any atom is -0.465 e. The lowest BCUT2D eigenvalue weighted by Crippen LogP contribution is -2.60. The third-order valence-electron chi connectivity index (χ3n) is 8.64. The van der Waals surface area contributed by atoms with Crippen molar-refractivity contribution in [3.8, 4) is 0 Å². The van der Waals surface area contributed by atoms with Crippen LogP contribution in [-0.2, 0) is 37.8 Å². The third-order valence-corrected chi connectivity index (χ3v) is 8.88. The van der Waals surface area contributed by atoms with Gasteiger partial charge in [0.15, 0.2) is 0 Å². The molecule has 6 nitrogen and oxygen atoms in total. The van der Waals surface area contributed by atoms with E-state index in [1.165, 1.54) is 0 Å². The van der Waals surface area contributed by atoms with E-state index < -0.39 is 23.7 Å². The van der Waals surface area contributed by atoms with E-state index >= 15 is 4.79 Å². The van der Waals surface area contributed by atoms with Gasteiger partial charge in [-0.05, 0) is 59.9 Å². The number of benzene rings is 5. The van der Waals surface area contributed by atoms with Crippen LogP contribution in [0.4, 0.5) is 5.69 Å². The monoisotopic (exact) mass is 644 g/mol. The molecule has 1 amide bonds. The molecule has 0 radical (unpaired) electrons. The topological polar surface area (TPSA) is 67.9 Å². The van der Waals surface area contributed by atoms with Crippen LogP contribution < -0.4 is 10.2 Å². The van der Waals surface area contributed by atoms with Gasteiger partial charge in [-0.3, -0.25) is 14.9 Å². The highest BCUT2D eigenvalue weighted by Gasteiger charge is 2.60. The Balaban J connectivity index is 1.55. The standard InChI is InChI=1S/C40H37ClN2O4/c1-3-46-38(44)37(42-36(30-18-9-5-10-19-30)31-20-11-6-12-21-31)40(47-27-32-22-14-13-15-28(32)2)34-25-33(41)23-24-35(34)43(39(40)45)26-29-16-7-4-8-17-29/h4-25,36-37,42H,3,26-27H2,1-2H3/t37-,40-/m0/s1. The van der Waals surface area contributed by atoms with E-state index in [1.54, 1.807) is 24.0 Å². The van der Waals surface area contributed by atoms with Gasteiger partial charge in [0.1, 0.15) is 6.04 Å². The van der Waals surface area contributed by atoms with Crippen LogP contribution >= 0.6 is 11.6 Å². The van der Waals surface area contributed by atoms with Gasteiger partial charge in [0.25, 0.3) is 5.91 Å². The van der Waals surface area contributed by atoms with Crippen molar-refractivity contribution < 1.29 is 19.1 Å². The third kappa shape index (κ3) is 6.58. The molecule has 1 aliphatic rings. The van der Waals surface area contributed by atoms with Gasteiger partial charge in [0, 0.05) is 10.6 Å². The number of nitrogens with zero attached hydrogens (tertiary/aromatic N) is 1. The molecule has 1 N–H and O–H groups in total. The zero-order valence-corrected chi connectivity index (χ0v) is 27.2. The summed E-state index contributed by atoms with van der Waals surface area (Å²) in [6.45, 7) is 4.22. The van der Waals surface area contributed by atoms with Crippen LogP contribution in [0.15, 0.2) is 133 Å². The number of hydrogen-bond acceptors (Lipinski definition) is 5. The molecule has 0 fully saturated rings. The number of nitrogens with one attached hydrogen (secondary N) is 1. The minimum absolute atomic E-state index is 0.0719. The molecule has 6 rings (SSSR count). The summed E-state index contributed by atoms with van der Waals surface area (Å²) in [5.41, 5.74) is 3.97. The summed E-state index contributed by atoms with van der Waals surface area (Å²) in [6.07, 6.45) is 0. The molecular formula is C40H37ClN2O4. The number of hydrogen-bond donors (Lipinski definition) is 1. The fourth-order valence-electron chi connectivity index (χ4n) is 6.27. The van der Waals surface area contributed by atoms with E-state index in [9.17, 15) is 4.79 Å². The molecule has 1 aliphatic heterocycles. The van der Waals surface area contributed by atoms with Gasteiger partial charge in [-0.1, -0.05) is 127 Å². The molecule has 238 valence electrons. The Morgan fingerprint density at radius 2 is 1.43 bits per heavy atom. The van der Waals surface area contributed by atoms with Gasteiger partial charge in [0.05, 0.1) is 31.5 Å². The second-order valence-corrected chi connectivity index (χ2v) is 12.0. The first kappa shape index (κ1) is 32.2. The largest absolute Gasteiger partial charge is 0.465 e. The average molecular weight is 645 g/mol. The number of aryl methyl sites for hydroxylation is 1. The van der Waals surface area contributed by atoms with Crippen molar-refractivity contribution in [2.45, 2.75) is 44.7 Å². The van der Waals surface area contributed by atoms with Gasteiger partial charge < -0.3 is 14.4 Å². The number of ether oxygens (including phenoxy) is 2. The second kappa shape index (κ2) is 14.3. The summed E-state index contributed by atoms with van der Waals surface area (Å²) < 4.78 is 12.7. The van der Waals surface area contributed by atoms with Crippen LogP contribution in [0.1, 0.15) is 46.3 Å². The fraction of sp³-hybridized carbons (Fsp3) is 0.200. The number of carbonyl (C=O) groups excluding carboxylic acids is 2. The number of halogens is 1. The predicted molar refractivity (Wildman–Crippen MR) is 185 cm³/mol. The molecule has 0 spiro atoms.